The molecule has 2 aliphatic rings. The van der Waals surface area contributed by atoms with Crippen LogP contribution in [-0.4, -0.2) is 16.9 Å². The van der Waals surface area contributed by atoms with Gasteiger partial charge in [-0.05, 0) is 48.1 Å². The highest BCUT2D eigenvalue weighted by molar-refractivity contribution is 6.04. The molecule has 0 radical (unpaired) electrons. The lowest BCUT2D eigenvalue weighted by molar-refractivity contribution is -0.140. The van der Waals surface area contributed by atoms with Crippen molar-refractivity contribution in [2.75, 3.05) is 0 Å². The third-order valence-electron chi connectivity index (χ3n) is 6.73. The number of esters is 1. The lowest BCUT2D eigenvalue weighted by atomic mass is 9.71. The summed E-state index contributed by atoms with van der Waals surface area (Å²) >= 11 is 0. The number of hydrogen-bond donors (Lipinski definition) is 2. The summed E-state index contributed by atoms with van der Waals surface area (Å²) in [5, 5.41) is 13.6. The van der Waals surface area contributed by atoms with Gasteiger partial charge in [0.2, 0.25) is 0 Å². The van der Waals surface area contributed by atoms with E-state index in [0.717, 1.165) is 16.8 Å². The number of benzene rings is 3. The van der Waals surface area contributed by atoms with Gasteiger partial charge in [-0.15, -0.1) is 0 Å². The summed E-state index contributed by atoms with van der Waals surface area (Å²) in [5.41, 5.74) is 5.18. The van der Waals surface area contributed by atoms with Crippen LogP contribution in [0.5, 0.6) is 5.75 Å². The third kappa shape index (κ3) is 4.62. The molecule has 0 spiro atoms. The molecule has 5 heteroatoms. The van der Waals surface area contributed by atoms with E-state index in [-0.39, 0.29) is 24.1 Å². The maximum Gasteiger partial charge on any atom is 0.337 e. The molecule has 2 N–H and O–H groups in total. The Morgan fingerprint density at radius 3 is 2.34 bits per heavy atom. The van der Waals surface area contributed by atoms with Gasteiger partial charge < -0.3 is 15.2 Å². The Balaban J connectivity index is 1.52. The van der Waals surface area contributed by atoms with Gasteiger partial charge in [-0.1, -0.05) is 72.8 Å². The summed E-state index contributed by atoms with van der Waals surface area (Å²) in [4.78, 5) is 27.0. The van der Waals surface area contributed by atoms with Crippen molar-refractivity contribution >= 4 is 11.8 Å². The number of carbonyl (C=O) groups is 2. The number of rotatable bonds is 5. The van der Waals surface area contributed by atoms with E-state index in [4.69, 9.17) is 4.74 Å². The average molecular weight is 466 g/mol. The molecule has 0 unspecified atom stereocenters. The van der Waals surface area contributed by atoms with Gasteiger partial charge in [0.25, 0.3) is 0 Å². The molecule has 1 aliphatic carbocycles. The van der Waals surface area contributed by atoms with E-state index < -0.39 is 11.9 Å². The summed E-state index contributed by atoms with van der Waals surface area (Å²) in [7, 11) is 0. The Hall–Kier alpha value is -4.12. The topological polar surface area (TPSA) is 75.6 Å². The quantitative estimate of drug-likeness (QED) is 0.487. The molecule has 2 atom stereocenters. The minimum atomic E-state index is -0.606. The molecule has 3 aromatic rings. The van der Waals surface area contributed by atoms with Crippen LogP contribution in [0.1, 0.15) is 48.3 Å². The second-order valence-corrected chi connectivity index (χ2v) is 9.08. The summed E-state index contributed by atoms with van der Waals surface area (Å²) in [5.74, 6) is -0.924. The molecule has 0 saturated carbocycles. The van der Waals surface area contributed by atoms with Gasteiger partial charge in [0.15, 0.2) is 5.78 Å². The molecule has 0 saturated heterocycles. The third-order valence-corrected chi connectivity index (χ3v) is 6.73. The first-order valence-corrected chi connectivity index (χ1v) is 11.8. The van der Waals surface area contributed by atoms with Crippen molar-refractivity contribution in [2.24, 2.45) is 0 Å². The number of ketones is 1. The van der Waals surface area contributed by atoms with Gasteiger partial charge in [-0.25, -0.2) is 4.79 Å². The van der Waals surface area contributed by atoms with Crippen LogP contribution in [0.15, 0.2) is 107 Å². The van der Waals surface area contributed by atoms with Crippen molar-refractivity contribution in [1.29, 1.82) is 0 Å². The Morgan fingerprint density at radius 2 is 1.63 bits per heavy atom. The first kappa shape index (κ1) is 22.7. The van der Waals surface area contributed by atoms with Gasteiger partial charge in [-0.2, -0.15) is 0 Å². The molecule has 1 heterocycles. The second kappa shape index (κ2) is 9.63. The average Bonchev–Trinajstić information content (AvgIpc) is 2.87. The van der Waals surface area contributed by atoms with Crippen molar-refractivity contribution in [3.8, 4) is 5.75 Å². The second-order valence-electron chi connectivity index (χ2n) is 9.08. The number of Topliss-reactive ketones (excluding diaryl/α,β-unsaturated/α-hetero) is 1. The van der Waals surface area contributed by atoms with Crippen LogP contribution in [0.25, 0.3) is 0 Å². The van der Waals surface area contributed by atoms with Crippen LogP contribution in [0.3, 0.4) is 0 Å². The minimum absolute atomic E-state index is 0.00167. The van der Waals surface area contributed by atoms with E-state index in [0.29, 0.717) is 35.2 Å². The largest absolute Gasteiger partial charge is 0.508 e. The molecule has 35 heavy (non-hydrogen) atoms. The molecule has 5 rings (SSSR count). The highest BCUT2D eigenvalue weighted by atomic mass is 16.5. The van der Waals surface area contributed by atoms with Gasteiger partial charge in [0.05, 0.1) is 5.57 Å². The van der Waals surface area contributed by atoms with Crippen molar-refractivity contribution in [3.63, 3.8) is 0 Å². The first-order chi connectivity index (χ1) is 17.0. The number of allylic oxidation sites excluding steroid dienone is 3. The zero-order valence-corrected chi connectivity index (χ0v) is 19.5. The highest BCUT2D eigenvalue weighted by Gasteiger charge is 2.41. The number of nitrogens with one attached hydrogen (secondary N) is 1. The molecule has 0 amide bonds. The maximum absolute atomic E-state index is 13.6. The lowest BCUT2D eigenvalue weighted by Crippen LogP contribution is -2.36. The standard InChI is InChI=1S/C30H27NO4/c1-19-27(30(34)35-18-20-9-4-2-5-10-20)28(22-13-8-14-24(32)15-22)29-25(31-19)16-23(17-26(29)33)21-11-6-3-7-12-21/h2-15,23,28,31-32H,16-18H2,1H3/t23-,28+/m1/s1. The van der Waals surface area contributed by atoms with Gasteiger partial charge in [-0.3, -0.25) is 4.79 Å². The van der Waals surface area contributed by atoms with Gasteiger partial charge in [0, 0.05) is 29.3 Å². The Labute approximate surface area is 204 Å². The molecule has 3 aromatic carbocycles. The van der Waals surface area contributed by atoms with Crippen molar-refractivity contribution in [2.45, 2.75) is 38.2 Å². The van der Waals surface area contributed by atoms with Crippen molar-refractivity contribution in [3.05, 3.63) is 124 Å². The van der Waals surface area contributed by atoms with E-state index in [1.54, 1.807) is 18.2 Å². The fourth-order valence-electron chi connectivity index (χ4n) is 5.11. The first-order valence-electron chi connectivity index (χ1n) is 11.8. The van der Waals surface area contributed by atoms with E-state index in [2.05, 4.69) is 5.32 Å². The monoisotopic (exact) mass is 465 g/mol. The molecule has 0 fully saturated rings. The number of phenolic OH excluding ortho intramolecular Hbond substituents is 1. The molecule has 0 bridgehead atoms. The van der Waals surface area contributed by atoms with Crippen LogP contribution >= 0.6 is 0 Å². The summed E-state index contributed by atoms with van der Waals surface area (Å²) in [6.45, 7) is 1.98. The number of ether oxygens (including phenoxy) is 1. The number of dihydropyridines is 1. The summed E-state index contributed by atoms with van der Waals surface area (Å²) in [6.07, 6.45) is 1.04. The van der Waals surface area contributed by atoms with Gasteiger partial charge >= 0.3 is 5.97 Å². The number of hydrogen-bond acceptors (Lipinski definition) is 5. The maximum atomic E-state index is 13.6. The SMILES string of the molecule is CC1=C(C(=O)OCc2ccccc2)[C@H](c2cccc(O)c2)C2=C(C[C@@H](c3ccccc3)CC2=O)N1. The Bertz CT molecular complexity index is 1320. The van der Waals surface area contributed by atoms with Crippen molar-refractivity contribution in [1.82, 2.24) is 5.32 Å². The smallest absolute Gasteiger partial charge is 0.337 e. The molecule has 1 aliphatic heterocycles. The van der Waals surface area contributed by atoms with Gasteiger partial charge in [0.1, 0.15) is 12.4 Å². The van der Waals surface area contributed by atoms with E-state index in [1.165, 1.54) is 0 Å². The predicted octanol–water partition coefficient (Wildman–Crippen LogP) is 5.50. The van der Waals surface area contributed by atoms with E-state index in [1.807, 2.05) is 73.7 Å². The fraction of sp³-hybridized carbons (Fsp3) is 0.200. The van der Waals surface area contributed by atoms with Crippen LogP contribution in [-0.2, 0) is 20.9 Å². The molecular formula is C30H27NO4. The van der Waals surface area contributed by atoms with Crippen LogP contribution < -0.4 is 5.32 Å². The summed E-state index contributed by atoms with van der Waals surface area (Å²) < 4.78 is 5.69. The molecule has 5 nitrogen and oxygen atoms in total. The molecule has 176 valence electrons. The van der Waals surface area contributed by atoms with Crippen LogP contribution in [0, 0.1) is 0 Å². The normalized spacial score (nSPS) is 19.7. The fourth-order valence-corrected chi connectivity index (χ4v) is 5.11. The van der Waals surface area contributed by atoms with Crippen LogP contribution in [0.4, 0.5) is 0 Å². The van der Waals surface area contributed by atoms with Crippen molar-refractivity contribution < 1.29 is 19.4 Å². The zero-order chi connectivity index (χ0) is 24.4. The Morgan fingerprint density at radius 1 is 0.943 bits per heavy atom. The molecular weight excluding hydrogens is 438 g/mol. The number of carbonyl (C=O) groups excluding carboxylic acids is 2. The summed E-state index contributed by atoms with van der Waals surface area (Å²) in [6, 6.07) is 26.3. The van der Waals surface area contributed by atoms with E-state index in [9.17, 15) is 14.7 Å². The number of aromatic hydroxyl groups is 1. The lowest BCUT2D eigenvalue weighted by Gasteiger charge is -2.36. The zero-order valence-electron chi connectivity index (χ0n) is 19.5. The Kier molecular flexibility index (Phi) is 6.23. The van der Waals surface area contributed by atoms with E-state index >= 15 is 0 Å². The van der Waals surface area contributed by atoms with Crippen LogP contribution in [0.2, 0.25) is 0 Å². The predicted molar refractivity (Wildman–Crippen MR) is 133 cm³/mol. The number of phenols is 1. The molecule has 0 aromatic heterocycles. The minimum Gasteiger partial charge on any atom is -0.508 e. The highest BCUT2D eigenvalue weighted by Crippen LogP contribution is 2.46.